The number of pyridine rings is 1. The van der Waals surface area contributed by atoms with E-state index in [1.54, 1.807) is 0 Å². The standard InChI is InChI=1S/C16H21N3O/c1-12-7-6-10-15-18-14(11-19(12)15)16(20)17-13-8-4-2-3-5-9-13/h6-7,10-11,13H,2-5,8-9H2,1H3,(H,17,20). The van der Waals surface area contributed by atoms with Gasteiger partial charge in [0.2, 0.25) is 0 Å². The molecule has 4 nitrogen and oxygen atoms in total. The third kappa shape index (κ3) is 2.69. The SMILES string of the molecule is Cc1cccc2nc(C(=O)NC3CCCCCC3)cn12. The minimum absolute atomic E-state index is 0.0417. The molecular formula is C16H21N3O. The van der Waals surface area contributed by atoms with Crippen molar-refractivity contribution in [1.82, 2.24) is 14.7 Å². The maximum absolute atomic E-state index is 12.3. The Bertz CT molecular complexity index is 609. The van der Waals surface area contributed by atoms with Crippen LogP contribution in [0, 0.1) is 6.92 Å². The third-order valence-corrected chi connectivity index (χ3v) is 4.12. The summed E-state index contributed by atoms with van der Waals surface area (Å²) in [7, 11) is 0. The van der Waals surface area contributed by atoms with Crippen molar-refractivity contribution in [2.45, 2.75) is 51.5 Å². The molecule has 0 aliphatic heterocycles. The zero-order valence-corrected chi connectivity index (χ0v) is 11.9. The molecule has 1 aliphatic carbocycles. The van der Waals surface area contributed by atoms with Crippen molar-refractivity contribution in [3.8, 4) is 0 Å². The molecule has 1 fully saturated rings. The van der Waals surface area contributed by atoms with Crippen LogP contribution >= 0.6 is 0 Å². The van der Waals surface area contributed by atoms with Gasteiger partial charge < -0.3 is 9.72 Å². The second kappa shape index (κ2) is 5.65. The van der Waals surface area contributed by atoms with Gasteiger partial charge in [-0.15, -0.1) is 0 Å². The summed E-state index contributed by atoms with van der Waals surface area (Å²) in [5, 5.41) is 3.14. The minimum atomic E-state index is -0.0417. The molecule has 106 valence electrons. The Morgan fingerprint density at radius 3 is 2.70 bits per heavy atom. The van der Waals surface area contributed by atoms with Crippen molar-refractivity contribution in [1.29, 1.82) is 0 Å². The molecule has 0 bridgehead atoms. The highest BCUT2D eigenvalue weighted by molar-refractivity contribution is 5.93. The Hall–Kier alpha value is -1.84. The molecule has 1 saturated carbocycles. The van der Waals surface area contributed by atoms with E-state index >= 15 is 0 Å². The van der Waals surface area contributed by atoms with Crippen molar-refractivity contribution >= 4 is 11.6 Å². The van der Waals surface area contributed by atoms with E-state index in [0.717, 1.165) is 24.2 Å². The summed E-state index contributed by atoms with van der Waals surface area (Å²) in [6.45, 7) is 2.02. The van der Waals surface area contributed by atoms with E-state index in [-0.39, 0.29) is 5.91 Å². The van der Waals surface area contributed by atoms with E-state index in [4.69, 9.17) is 0 Å². The maximum Gasteiger partial charge on any atom is 0.271 e. The second-order valence-corrected chi connectivity index (χ2v) is 5.68. The Morgan fingerprint density at radius 2 is 2.00 bits per heavy atom. The average molecular weight is 271 g/mol. The van der Waals surface area contributed by atoms with Crippen molar-refractivity contribution < 1.29 is 4.79 Å². The number of carbonyl (C=O) groups is 1. The highest BCUT2D eigenvalue weighted by atomic mass is 16.2. The van der Waals surface area contributed by atoms with E-state index in [2.05, 4.69) is 10.3 Å². The van der Waals surface area contributed by atoms with E-state index in [9.17, 15) is 4.79 Å². The lowest BCUT2D eigenvalue weighted by Gasteiger charge is -2.14. The van der Waals surface area contributed by atoms with Crippen LogP contribution in [0.3, 0.4) is 0 Å². The Morgan fingerprint density at radius 1 is 1.25 bits per heavy atom. The van der Waals surface area contributed by atoms with E-state index < -0.39 is 0 Å². The monoisotopic (exact) mass is 271 g/mol. The number of hydrogen-bond donors (Lipinski definition) is 1. The zero-order chi connectivity index (χ0) is 13.9. The molecule has 0 unspecified atom stereocenters. The smallest absolute Gasteiger partial charge is 0.271 e. The molecular weight excluding hydrogens is 250 g/mol. The first-order valence-corrected chi connectivity index (χ1v) is 7.49. The van der Waals surface area contributed by atoms with Gasteiger partial charge in [-0.1, -0.05) is 31.7 Å². The van der Waals surface area contributed by atoms with Crippen LogP contribution in [0.1, 0.15) is 54.7 Å². The van der Waals surface area contributed by atoms with E-state index in [1.807, 2.05) is 35.7 Å². The van der Waals surface area contributed by atoms with Crippen molar-refractivity contribution in [3.63, 3.8) is 0 Å². The van der Waals surface area contributed by atoms with Crippen LogP contribution < -0.4 is 5.32 Å². The lowest BCUT2D eigenvalue weighted by molar-refractivity contribution is 0.0929. The van der Waals surface area contributed by atoms with Gasteiger partial charge in [-0.3, -0.25) is 4.79 Å². The topological polar surface area (TPSA) is 46.4 Å². The number of amides is 1. The predicted molar refractivity (Wildman–Crippen MR) is 78.9 cm³/mol. The molecule has 0 atom stereocenters. The number of aryl methyl sites for hydroxylation is 1. The Kier molecular flexibility index (Phi) is 3.72. The van der Waals surface area contributed by atoms with Gasteiger partial charge in [-0.2, -0.15) is 0 Å². The quantitative estimate of drug-likeness (QED) is 0.853. The van der Waals surface area contributed by atoms with Crippen LogP contribution in [0.15, 0.2) is 24.4 Å². The van der Waals surface area contributed by atoms with Crippen molar-refractivity contribution in [3.05, 3.63) is 35.8 Å². The number of imidazole rings is 1. The summed E-state index contributed by atoms with van der Waals surface area (Å²) >= 11 is 0. The fraction of sp³-hybridized carbons (Fsp3) is 0.500. The number of carbonyl (C=O) groups excluding carboxylic acids is 1. The highest BCUT2D eigenvalue weighted by Gasteiger charge is 2.17. The van der Waals surface area contributed by atoms with Gasteiger partial charge >= 0.3 is 0 Å². The first-order chi connectivity index (χ1) is 9.74. The number of aromatic nitrogens is 2. The second-order valence-electron chi connectivity index (χ2n) is 5.68. The molecule has 2 aromatic rings. The largest absolute Gasteiger partial charge is 0.348 e. The van der Waals surface area contributed by atoms with Crippen molar-refractivity contribution in [2.24, 2.45) is 0 Å². The maximum atomic E-state index is 12.3. The lowest BCUT2D eigenvalue weighted by Crippen LogP contribution is -2.34. The van der Waals surface area contributed by atoms with Crippen molar-refractivity contribution in [2.75, 3.05) is 0 Å². The van der Waals surface area contributed by atoms with Gasteiger partial charge in [0.1, 0.15) is 11.3 Å². The lowest BCUT2D eigenvalue weighted by atomic mass is 10.1. The summed E-state index contributed by atoms with van der Waals surface area (Å²) < 4.78 is 1.96. The van der Waals surface area contributed by atoms with Gasteiger partial charge in [-0.05, 0) is 31.9 Å². The van der Waals surface area contributed by atoms with Gasteiger partial charge in [0.05, 0.1) is 0 Å². The third-order valence-electron chi connectivity index (χ3n) is 4.12. The summed E-state index contributed by atoms with van der Waals surface area (Å²) in [6.07, 6.45) is 9.04. The fourth-order valence-electron chi connectivity index (χ4n) is 2.94. The Balaban J connectivity index is 1.76. The van der Waals surface area contributed by atoms with Crippen LogP contribution in [0.5, 0.6) is 0 Å². The molecule has 3 rings (SSSR count). The highest BCUT2D eigenvalue weighted by Crippen LogP contribution is 2.17. The van der Waals surface area contributed by atoms with Crippen LogP contribution in [-0.2, 0) is 0 Å². The predicted octanol–water partition coefficient (Wildman–Crippen LogP) is 3.10. The first kappa shape index (κ1) is 13.2. The van der Waals surface area contributed by atoms with E-state index in [1.165, 1.54) is 25.7 Å². The molecule has 2 aromatic heterocycles. The van der Waals surface area contributed by atoms with Crippen LogP contribution in [-0.4, -0.2) is 21.3 Å². The zero-order valence-electron chi connectivity index (χ0n) is 11.9. The summed E-state index contributed by atoms with van der Waals surface area (Å²) in [5.74, 6) is -0.0417. The number of fused-ring (bicyclic) bond motifs is 1. The molecule has 0 spiro atoms. The minimum Gasteiger partial charge on any atom is -0.348 e. The van der Waals surface area contributed by atoms with Crippen LogP contribution in [0.4, 0.5) is 0 Å². The fourth-order valence-corrected chi connectivity index (χ4v) is 2.94. The van der Waals surface area contributed by atoms with Gasteiger partial charge in [-0.25, -0.2) is 4.98 Å². The summed E-state index contributed by atoms with van der Waals surface area (Å²) in [5.41, 5.74) is 2.43. The Labute approximate surface area is 119 Å². The number of nitrogens with one attached hydrogen (secondary N) is 1. The van der Waals surface area contributed by atoms with Gasteiger partial charge in [0, 0.05) is 17.9 Å². The average Bonchev–Trinajstić information content (AvgIpc) is 2.72. The van der Waals surface area contributed by atoms with Crippen LogP contribution in [0.2, 0.25) is 0 Å². The molecule has 4 heteroatoms. The molecule has 0 radical (unpaired) electrons. The normalized spacial score (nSPS) is 17.1. The first-order valence-electron chi connectivity index (χ1n) is 7.49. The summed E-state index contributed by atoms with van der Waals surface area (Å²) in [4.78, 5) is 16.7. The molecule has 0 saturated heterocycles. The van der Waals surface area contributed by atoms with Gasteiger partial charge in [0.15, 0.2) is 0 Å². The number of hydrogen-bond acceptors (Lipinski definition) is 2. The molecule has 1 N–H and O–H groups in total. The summed E-state index contributed by atoms with van der Waals surface area (Å²) in [6, 6.07) is 6.22. The van der Waals surface area contributed by atoms with E-state index in [0.29, 0.717) is 11.7 Å². The number of nitrogens with zero attached hydrogens (tertiary/aromatic N) is 2. The molecule has 0 aromatic carbocycles. The molecule has 2 heterocycles. The molecule has 1 aliphatic rings. The van der Waals surface area contributed by atoms with Gasteiger partial charge in [0.25, 0.3) is 5.91 Å². The number of rotatable bonds is 2. The van der Waals surface area contributed by atoms with Crippen LogP contribution in [0.25, 0.3) is 5.65 Å². The molecule has 1 amide bonds. The molecule has 20 heavy (non-hydrogen) atoms.